The van der Waals surface area contributed by atoms with Crippen molar-refractivity contribution in [1.82, 2.24) is 0 Å². The van der Waals surface area contributed by atoms with Crippen molar-refractivity contribution in [3.63, 3.8) is 0 Å². The van der Waals surface area contributed by atoms with Gasteiger partial charge in [0, 0.05) is 0 Å². The Kier molecular flexibility index (Phi) is 10.8. The average molecular weight is 215 g/mol. The summed E-state index contributed by atoms with van der Waals surface area (Å²) in [5, 5.41) is 0. The van der Waals surface area contributed by atoms with Gasteiger partial charge in [0.05, 0.1) is 0 Å². The van der Waals surface area contributed by atoms with Crippen LogP contribution in [-0.4, -0.2) is 18.8 Å². The maximum absolute atomic E-state index is 5.60. The standard InChI is InChI=1S/C10H23OSi2/c1-4-5-6-7-8-9-10-12-11-13(2)3/h4-10H2,1-3H3. The van der Waals surface area contributed by atoms with Crippen molar-refractivity contribution in [1.29, 1.82) is 0 Å². The van der Waals surface area contributed by atoms with Crippen LogP contribution in [0.5, 0.6) is 0 Å². The summed E-state index contributed by atoms with van der Waals surface area (Å²) in [7, 11) is 0.347. The van der Waals surface area contributed by atoms with E-state index in [1.54, 1.807) is 0 Å². The Balaban J connectivity index is 2.84. The Bertz CT molecular complexity index is 96.9. The van der Waals surface area contributed by atoms with Gasteiger partial charge in [-0.05, 0) is 19.1 Å². The molecule has 0 unspecified atom stereocenters. The first-order valence-electron chi connectivity index (χ1n) is 5.47. The number of unbranched alkanes of at least 4 members (excludes halogenated alkanes) is 5. The number of rotatable bonds is 9. The summed E-state index contributed by atoms with van der Waals surface area (Å²) in [5.41, 5.74) is 0. The van der Waals surface area contributed by atoms with Gasteiger partial charge in [0.1, 0.15) is 0 Å². The molecular weight excluding hydrogens is 192 g/mol. The summed E-state index contributed by atoms with van der Waals surface area (Å²) >= 11 is 0. The van der Waals surface area contributed by atoms with E-state index in [4.69, 9.17) is 4.12 Å². The van der Waals surface area contributed by atoms with E-state index in [0.717, 1.165) is 9.76 Å². The lowest BCUT2D eigenvalue weighted by atomic mass is 10.1. The molecule has 0 heterocycles. The van der Waals surface area contributed by atoms with E-state index in [1.807, 2.05) is 0 Å². The van der Waals surface area contributed by atoms with Gasteiger partial charge in [-0.25, -0.2) is 0 Å². The summed E-state index contributed by atoms with van der Waals surface area (Å²) in [6, 6.07) is 1.29. The molecule has 3 heteroatoms. The predicted octanol–water partition coefficient (Wildman–Crippen LogP) is 3.65. The topological polar surface area (TPSA) is 9.23 Å². The minimum Gasteiger partial charge on any atom is -0.456 e. The summed E-state index contributed by atoms with van der Waals surface area (Å²) in [5.74, 6) is 0. The molecule has 0 aromatic heterocycles. The highest BCUT2D eigenvalue weighted by Gasteiger charge is 1.97. The van der Waals surface area contributed by atoms with E-state index in [0.29, 0.717) is 0 Å². The van der Waals surface area contributed by atoms with Crippen LogP contribution in [0.25, 0.3) is 0 Å². The van der Waals surface area contributed by atoms with E-state index in [2.05, 4.69) is 20.0 Å². The van der Waals surface area contributed by atoms with Gasteiger partial charge in [-0.3, -0.25) is 0 Å². The molecule has 0 aliphatic heterocycles. The third kappa shape index (κ3) is 12.4. The molecule has 0 spiro atoms. The second kappa shape index (κ2) is 10.5. The maximum atomic E-state index is 5.60. The van der Waals surface area contributed by atoms with Crippen LogP contribution in [0.1, 0.15) is 45.4 Å². The lowest BCUT2D eigenvalue weighted by Gasteiger charge is -2.03. The Hall–Kier alpha value is 0.394. The van der Waals surface area contributed by atoms with Crippen molar-refractivity contribution in [2.75, 3.05) is 0 Å². The van der Waals surface area contributed by atoms with E-state index in [9.17, 15) is 0 Å². The third-order valence-electron chi connectivity index (χ3n) is 1.91. The summed E-state index contributed by atoms with van der Waals surface area (Å²) < 4.78 is 5.60. The summed E-state index contributed by atoms with van der Waals surface area (Å²) in [6.45, 7) is 6.68. The van der Waals surface area contributed by atoms with Crippen molar-refractivity contribution in [3.05, 3.63) is 0 Å². The van der Waals surface area contributed by atoms with Crippen LogP contribution in [0.2, 0.25) is 19.1 Å². The minimum absolute atomic E-state index is 0.423. The molecule has 0 bridgehead atoms. The minimum atomic E-state index is -0.423. The van der Waals surface area contributed by atoms with Crippen molar-refractivity contribution in [3.8, 4) is 0 Å². The van der Waals surface area contributed by atoms with Crippen LogP contribution in [0.3, 0.4) is 0 Å². The van der Waals surface area contributed by atoms with E-state index in [1.165, 1.54) is 44.6 Å². The fraction of sp³-hybridized carbons (Fsp3) is 1.00. The highest BCUT2D eigenvalue weighted by Crippen LogP contribution is 2.06. The van der Waals surface area contributed by atoms with Gasteiger partial charge in [0.25, 0.3) is 0 Å². The van der Waals surface area contributed by atoms with Gasteiger partial charge >= 0.3 is 0 Å². The van der Waals surface area contributed by atoms with E-state index >= 15 is 0 Å². The molecule has 0 saturated heterocycles. The first-order chi connectivity index (χ1) is 6.27. The van der Waals surface area contributed by atoms with Crippen LogP contribution in [0.4, 0.5) is 0 Å². The Morgan fingerprint density at radius 3 is 2.23 bits per heavy atom. The normalized spacial score (nSPS) is 11.1. The SMILES string of the molecule is CCCCCCCC[Si]O[Si](C)C. The van der Waals surface area contributed by atoms with Crippen LogP contribution < -0.4 is 0 Å². The molecule has 0 atom stereocenters. The fourth-order valence-corrected chi connectivity index (χ4v) is 3.13. The van der Waals surface area contributed by atoms with E-state index < -0.39 is 9.04 Å². The molecule has 13 heavy (non-hydrogen) atoms. The molecular formula is C10H23OSi2. The van der Waals surface area contributed by atoms with Crippen molar-refractivity contribution in [2.24, 2.45) is 0 Å². The molecule has 0 fully saturated rings. The predicted molar refractivity (Wildman–Crippen MR) is 62.5 cm³/mol. The molecule has 0 saturated carbocycles. The molecule has 77 valence electrons. The zero-order valence-corrected chi connectivity index (χ0v) is 11.4. The van der Waals surface area contributed by atoms with Gasteiger partial charge in [-0.15, -0.1) is 0 Å². The van der Waals surface area contributed by atoms with Gasteiger partial charge in [-0.1, -0.05) is 45.4 Å². The van der Waals surface area contributed by atoms with Gasteiger partial charge in [-0.2, -0.15) is 0 Å². The quantitative estimate of drug-likeness (QED) is 0.421. The monoisotopic (exact) mass is 215 g/mol. The molecule has 0 aliphatic rings. The fourth-order valence-electron chi connectivity index (χ4n) is 1.17. The summed E-state index contributed by atoms with van der Waals surface area (Å²) in [6.07, 6.45) is 8.40. The van der Waals surface area contributed by atoms with Gasteiger partial charge in [0.15, 0.2) is 9.04 Å². The van der Waals surface area contributed by atoms with Gasteiger partial charge in [0.2, 0.25) is 9.76 Å². The molecule has 0 aliphatic carbocycles. The van der Waals surface area contributed by atoms with E-state index in [-0.39, 0.29) is 0 Å². The number of hydrogen-bond donors (Lipinski definition) is 0. The summed E-state index contributed by atoms with van der Waals surface area (Å²) in [4.78, 5) is 0. The molecule has 0 aromatic carbocycles. The number of hydrogen-bond acceptors (Lipinski definition) is 1. The Morgan fingerprint density at radius 2 is 1.62 bits per heavy atom. The van der Waals surface area contributed by atoms with Crippen molar-refractivity contribution < 1.29 is 4.12 Å². The lowest BCUT2D eigenvalue weighted by molar-refractivity contribution is 0.594. The van der Waals surface area contributed by atoms with Crippen LogP contribution in [0.15, 0.2) is 0 Å². The second-order valence-corrected chi connectivity index (χ2v) is 7.09. The van der Waals surface area contributed by atoms with Crippen LogP contribution in [0, 0.1) is 0 Å². The molecule has 0 amide bonds. The molecule has 0 rings (SSSR count). The zero-order valence-electron chi connectivity index (χ0n) is 9.36. The molecule has 3 radical (unpaired) electrons. The Labute approximate surface area is 87.9 Å². The molecule has 0 N–H and O–H groups in total. The molecule has 1 nitrogen and oxygen atoms in total. The van der Waals surface area contributed by atoms with Crippen molar-refractivity contribution >= 4 is 18.8 Å². The molecule has 0 aromatic rings. The van der Waals surface area contributed by atoms with Crippen LogP contribution in [-0.2, 0) is 4.12 Å². The van der Waals surface area contributed by atoms with Gasteiger partial charge < -0.3 is 4.12 Å². The largest absolute Gasteiger partial charge is 0.456 e. The second-order valence-electron chi connectivity index (χ2n) is 3.67. The highest BCUT2D eigenvalue weighted by atomic mass is 28.3. The lowest BCUT2D eigenvalue weighted by Crippen LogP contribution is -2.10. The first kappa shape index (κ1) is 13.4. The highest BCUT2D eigenvalue weighted by molar-refractivity contribution is 6.56. The van der Waals surface area contributed by atoms with Crippen molar-refractivity contribution in [2.45, 2.75) is 64.6 Å². The first-order valence-corrected chi connectivity index (χ1v) is 8.99. The van der Waals surface area contributed by atoms with Crippen LogP contribution >= 0.6 is 0 Å². The Morgan fingerprint density at radius 1 is 1.00 bits per heavy atom. The zero-order chi connectivity index (χ0) is 9.94. The average Bonchev–Trinajstić information content (AvgIpc) is 2.09. The maximum Gasteiger partial charge on any atom is 0.214 e. The smallest absolute Gasteiger partial charge is 0.214 e. The third-order valence-corrected chi connectivity index (χ3v) is 4.68.